The summed E-state index contributed by atoms with van der Waals surface area (Å²) in [6.07, 6.45) is 0. The number of benzene rings is 2. The Balaban J connectivity index is 1.60. The van der Waals surface area contributed by atoms with Crippen LogP contribution < -0.4 is 15.0 Å². The molecular weight excluding hydrogens is 325 g/mol. The average molecular weight is 345 g/mol. The predicted octanol–water partition coefficient (Wildman–Crippen LogP) is 3.35. The molecule has 4 nitrogen and oxygen atoms in total. The van der Waals surface area contributed by atoms with E-state index in [4.69, 9.17) is 17.0 Å². The highest BCUT2D eigenvalue weighted by atomic mass is 32.1. The van der Waals surface area contributed by atoms with Crippen molar-refractivity contribution in [3.63, 3.8) is 0 Å². The van der Waals surface area contributed by atoms with Crippen molar-refractivity contribution in [1.29, 1.82) is 0 Å². The van der Waals surface area contributed by atoms with Gasteiger partial charge in [-0.2, -0.15) is 0 Å². The monoisotopic (exact) mass is 345 g/mol. The fourth-order valence-electron chi connectivity index (χ4n) is 2.80. The topological polar surface area (TPSA) is 27.7 Å². The molecule has 0 radical (unpaired) electrons. The molecule has 2 aromatic rings. The number of thiocarbonyl (C=S) groups is 1. The number of hydrogen-bond donors (Lipinski definition) is 1. The molecule has 0 spiro atoms. The van der Waals surface area contributed by atoms with Gasteiger partial charge < -0.3 is 19.9 Å². The van der Waals surface area contributed by atoms with Crippen LogP contribution in [0.5, 0.6) is 5.75 Å². The maximum Gasteiger partial charge on any atom is 0.173 e. The number of hydrogen-bond acceptors (Lipinski definition) is 3. The van der Waals surface area contributed by atoms with Gasteiger partial charge in [0.2, 0.25) is 0 Å². The molecule has 0 bridgehead atoms. The van der Waals surface area contributed by atoms with Crippen molar-refractivity contribution < 1.29 is 9.13 Å². The molecule has 126 valence electrons. The quantitative estimate of drug-likeness (QED) is 0.861. The van der Waals surface area contributed by atoms with Gasteiger partial charge in [-0.1, -0.05) is 24.3 Å². The zero-order valence-corrected chi connectivity index (χ0v) is 14.4. The lowest BCUT2D eigenvalue weighted by molar-refractivity contribution is 0.388. The van der Waals surface area contributed by atoms with Crippen LogP contribution in [0.2, 0.25) is 0 Å². The molecule has 0 saturated carbocycles. The summed E-state index contributed by atoms with van der Waals surface area (Å²) in [5.41, 5.74) is 1.50. The molecule has 6 heteroatoms. The number of halogens is 1. The molecule has 1 aliphatic heterocycles. The third-order valence-corrected chi connectivity index (χ3v) is 4.47. The van der Waals surface area contributed by atoms with E-state index in [0.717, 1.165) is 37.6 Å². The highest BCUT2D eigenvalue weighted by molar-refractivity contribution is 7.80. The summed E-state index contributed by atoms with van der Waals surface area (Å²) in [4.78, 5) is 4.15. The summed E-state index contributed by atoms with van der Waals surface area (Å²) in [7, 11) is 1.64. The Morgan fingerprint density at radius 3 is 2.42 bits per heavy atom. The van der Waals surface area contributed by atoms with Crippen LogP contribution >= 0.6 is 12.2 Å². The van der Waals surface area contributed by atoms with Gasteiger partial charge in [0.15, 0.2) is 5.11 Å². The summed E-state index contributed by atoms with van der Waals surface area (Å²) >= 11 is 5.51. The number of piperazine rings is 1. The standard InChI is InChI=1S/C18H20FN3OS/c1-23-17-9-5-3-7-15(17)20-18(24)22-12-10-21(11-13-22)16-8-4-2-6-14(16)19/h2-9H,10-13H2,1H3,(H,20,24). The summed E-state index contributed by atoms with van der Waals surface area (Å²) in [6.45, 7) is 2.95. The fraction of sp³-hybridized carbons (Fsp3) is 0.278. The Hall–Kier alpha value is -2.34. The maximum absolute atomic E-state index is 13.9. The molecular formula is C18H20FN3OS. The first-order chi connectivity index (χ1) is 11.7. The number of para-hydroxylation sites is 3. The lowest BCUT2D eigenvalue weighted by Crippen LogP contribution is -2.50. The molecule has 0 amide bonds. The van der Waals surface area contributed by atoms with E-state index in [1.807, 2.05) is 36.4 Å². The second-order valence-corrected chi connectivity index (χ2v) is 5.94. The molecule has 1 N–H and O–H groups in total. The van der Waals surface area contributed by atoms with Gasteiger partial charge in [0.25, 0.3) is 0 Å². The Morgan fingerprint density at radius 1 is 1.04 bits per heavy atom. The van der Waals surface area contributed by atoms with Crippen molar-refractivity contribution in [2.75, 3.05) is 43.5 Å². The number of methoxy groups -OCH3 is 1. The van der Waals surface area contributed by atoms with Crippen molar-refractivity contribution in [2.45, 2.75) is 0 Å². The first kappa shape index (κ1) is 16.5. The van der Waals surface area contributed by atoms with Crippen LogP contribution in [-0.2, 0) is 0 Å². The van der Waals surface area contributed by atoms with Crippen molar-refractivity contribution >= 4 is 28.7 Å². The minimum Gasteiger partial charge on any atom is -0.495 e. The van der Waals surface area contributed by atoms with E-state index in [1.165, 1.54) is 6.07 Å². The van der Waals surface area contributed by atoms with Gasteiger partial charge in [-0.25, -0.2) is 4.39 Å². The van der Waals surface area contributed by atoms with Gasteiger partial charge in [0, 0.05) is 26.2 Å². The molecule has 0 atom stereocenters. The predicted molar refractivity (Wildman–Crippen MR) is 99.4 cm³/mol. The van der Waals surface area contributed by atoms with Crippen molar-refractivity contribution in [1.82, 2.24) is 4.90 Å². The SMILES string of the molecule is COc1ccccc1NC(=S)N1CCN(c2ccccc2F)CC1. The smallest absolute Gasteiger partial charge is 0.173 e. The minimum absolute atomic E-state index is 0.180. The highest BCUT2D eigenvalue weighted by Crippen LogP contribution is 2.24. The Bertz CT molecular complexity index is 717. The zero-order chi connectivity index (χ0) is 16.9. The summed E-state index contributed by atoms with van der Waals surface area (Å²) in [5.74, 6) is 0.575. The van der Waals surface area contributed by atoms with Crippen molar-refractivity contribution in [3.8, 4) is 5.75 Å². The third-order valence-electron chi connectivity index (χ3n) is 4.11. The molecule has 0 aromatic heterocycles. The van der Waals surface area contributed by atoms with Crippen LogP contribution in [0.3, 0.4) is 0 Å². The molecule has 1 fully saturated rings. The van der Waals surface area contributed by atoms with Crippen LogP contribution in [0.4, 0.5) is 15.8 Å². The fourth-order valence-corrected chi connectivity index (χ4v) is 3.09. The van der Waals surface area contributed by atoms with Gasteiger partial charge in [0.05, 0.1) is 18.5 Å². The molecule has 1 aliphatic rings. The molecule has 2 aromatic carbocycles. The van der Waals surface area contributed by atoms with Gasteiger partial charge in [-0.15, -0.1) is 0 Å². The van der Waals surface area contributed by atoms with Crippen LogP contribution in [0.15, 0.2) is 48.5 Å². The molecule has 1 saturated heterocycles. The number of rotatable bonds is 3. The molecule has 1 heterocycles. The van der Waals surface area contributed by atoms with Crippen molar-refractivity contribution in [2.24, 2.45) is 0 Å². The number of nitrogens with zero attached hydrogens (tertiary/aromatic N) is 2. The van der Waals surface area contributed by atoms with Gasteiger partial charge in [-0.05, 0) is 36.5 Å². The normalized spacial score (nSPS) is 14.4. The highest BCUT2D eigenvalue weighted by Gasteiger charge is 2.21. The van der Waals surface area contributed by atoms with Crippen LogP contribution in [0.1, 0.15) is 0 Å². The summed E-state index contributed by atoms with van der Waals surface area (Å²) < 4.78 is 19.2. The second-order valence-electron chi connectivity index (χ2n) is 5.56. The first-order valence-electron chi connectivity index (χ1n) is 7.87. The molecule has 3 rings (SSSR count). The van der Waals surface area contributed by atoms with E-state index < -0.39 is 0 Å². The van der Waals surface area contributed by atoms with Crippen molar-refractivity contribution in [3.05, 3.63) is 54.3 Å². The zero-order valence-electron chi connectivity index (χ0n) is 13.5. The van der Waals surface area contributed by atoms with E-state index in [1.54, 1.807) is 13.2 Å². The van der Waals surface area contributed by atoms with Crippen LogP contribution in [0, 0.1) is 5.82 Å². The van der Waals surface area contributed by atoms with Crippen LogP contribution in [-0.4, -0.2) is 43.3 Å². The Morgan fingerprint density at radius 2 is 1.71 bits per heavy atom. The first-order valence-corrected chi connectivity index (χ1v) is 8.28. The maximum atomic E-state index is 13.9. The Labute approximate surface area is 146 Å². The minimum atomic E-state index is -0.180. The largest absolute Gasteiger partial charge is 0.495 e. The third kappa shape index (κ3) is 3.59. The summed E-state index contributed by atoms with van der Waals surface area (Å²) in [6, 6.07) is 14.6. The Kier molecular flexibility index (Phi) is 5.15. The lowest BCUT2D eigenvalue weighted by atomic mass is 10.2. The van der Waals surface area contributed by atoms with Gasteiger partial charge in [-0.3, -0.25) is 0 Å². The number of nitrogens with one attached hydrogen (secondary N) is 1. The number of ether oxygens (including phenoxy) is 1. The molecule has 0 aliphatic carbocycles. The van der Waals surface area contributed by atoms with Gasteiger partial charge in [0.1, 0.15) is 11.6 Å². The van der Waals surface area contributed by atoms with E-state index in [9.17, 15) is 4.39 Å². The second kappa shape index (κ2) is 7.49. The van der Waals surface area contributed by atoms with E-state index >= 15 is 0 Å². The van der Waals surface area contributed by atoms with E-state index in [2.05, 4.69) is 15.1 Å². The van der Waals surface area contributed by atoms with E-state index in [0.29, 0.717) is 10.8 Å². The van der Waals surface area contributed by atoms with Gasteiger partial charge >= 0.3 is 0 Å². The lowest BCUT2D eigenvalue weighted by Gasteiger charge is -2.37. The summed E-state index contributed by atoms with van der Waals surface area (Å²) in [5, 5.41) is 3.90. The molecule has 24 heavy (non-hydrogen) atoms. The van der Waals surface area contributed by atoms with E-state index in [-0.39, 0.29) is 5.82 Å². The molecule has 0 unspecified atom stereocenters. The van der Waals surface area contributed by atoms with Crippen LogP contribution in [0.25, 0.3) is 0 Å². The average Bonchev–Trinajstić information content (AvgIpc) is 2.63. The number of anilines is 2.